The van der Waals surface area contributed by atoms with E-state index >= 15 is 0 Å². The fraction of sp³-hybridized carbons (Fsp3) is 0.800. The third-order valence-corrected chi connectivity index (χ3v) is 5.64. The molecule has 0 rings (SSSR count). The lowest BCUT2D eigenvalue weighted by atomic mass is 9.84. The lowest BCUT2D eigenvalue weighted by Gasteiger charge is -2.22. The van der Waals surface area contributed by atoms with E-state index in [0.29, 0.717) is 6.42 Å². The van der Waals surface area contributed by atoms with Crippen LogP contribution in [0, 0.1) is 11.8 Å². The molecule has 0 bridgehead atoms. The van der Waals surface area contributed by atoms with Gasteiger partial charge in [-0.15, -0.1) is 0 Å². The second kappa shape index (κ2) is 20.1. The summed E-state index contributed by atoms with van der Waals surface area (Å²) in [7, 11) is 4.12. The molecule has 0 aromatic carbocycles. The molecular weight excluding hydrogens is 396 g/mol. The first-order chi connectivity index (χ1) is 15.0. The smallest absolute Gasteiger partial charge is 0.309 e. The van der Waals surface area contributed by atoms with Gasteiger partial charge in [-0.05, 0) is 31.6 Å². The number of hydrogen-bond donors (Lipinski definition) is 0. The summed E-state index contributed by atoms with van der Waals surface area (Å²) < 4.78 is 14.4. The highest BCUT2D eigenvalue weighted by Crippen LogP contribution is 2.26. The van der Waals surface area contributed by atoms with E-state index in [1.165, 1.54) is 47.0 Å². The predicted octanol–water partition coefficient (Wildman–Crippen LogP) is 5.78. The summed E-state index contributed by atoms with van der Waals surface area (Å²) in [6.45, 7) is 2.20. The lowest BCUT2D eigenvalue weighted by Crippen LogP contribution is -2.27. The molecule has 0 aromatic rings. The molecular formula is C25H44O6. The largest absolute Gasteiger partial charge is 0.469 e. The maximum Gasteiger partial charge on any atom is 0.309 e. The molecule has 0 aliphatic heterocycles. The Hall–Kier alpha value is -1.85. The van der Waals surface area contributed by atoms with Crippen molar-refractivity contribution >= 4 is 17.9 Å². The zero-order chi connectivity index (χ0) is 23.3. The summed E-state index contributed by atoms with van der Waals surface area (Å²) in [4.78, 5) is 35.3. The van der Waals surface area contributed by atoms with Gasteiger partial charge in [0.1, 0.15) is 0 Å². The molecule has 0 heterocycles. The van der Waals surface area contributed by atoms with E-state index in [1.807, 2.05) is 0 Å². The molecule has 31 heavy (non-hydrogen) atoms. The van der Waals surface area contributed by atoms with Gasteiger partial charge >= 0.3 is 17.9 Å². The summed E-state index contributed by atoms with van der Waals surface area (Å²) in [5.74, 6) is -1.44. The summed E-state index contributed by atoms with van der Waals surface area (Å²) >= 11 is 0. The average molecular weight is 441 g/mol. The summed E-state index contributed by atoms with van der Waals surface area (Å²) in [6.07, 6.45) is 17.5. The highest BCUT2D eigenvalue weighted by molar-refractivity contribution is 5.80. The maximum absolute atomic E-state index is 12.4. The van der Waals surface area contributed by atoms with Crippen LogP contribution in [0.1, 0.15) is 96.8 Å². The Balaban J connectivity index is 4.68. The van der Waals surface area contributed by atoms with E-state index < -0.39 is 5.92 Å². The van der Waals surface area contributed by atoms with Crippen LogP contribution in [0.25, 0.3) is 0 Å². The van der Waals surface area contributed by atoms with Gasteiger partial charge in [-0.1, -0.05) is 70.4 Å². The summed E-state index contributed by atoms with van der Waals surface area (Å²) in [6, 6.07) is 0. The van der Waals surface area contributed by atoms with Crippen LogP contribution < -0.4 is 0 Å². The predicted molar refractivity (Wildman–Crippen MR) is 122 cm³/mol. The Morgan fingerprint density at radius 3 is 2.00 bits per heavy atom. The zero-order valence-corrected chi connectivity index (χ0v) is 20.2. The number of carbonyl (C=O) groups excluding carboxylic acids is 3. The van der Waals surface area contributed by atoms with Gasteiger partial charge in [-0.3, -0.25) is 14.4 Å². The molecule has 180 valence electrons. The lowest BCUT2D eigenvalue weighted by molar-refractivity contribution is -0.153. The quantitative estimate of drug-likeness (QED) is 0.110. The minimum Gasteiger partial charge on any atom is -0.469 e. The van der Waals surface area contributed by atoms with E-state index in [1.54, 1.807) is 0 Å². The van der Waals surface area contributed by atoms with E-state index in [9.17, 15) is 14.4 Å². The van der Waals surface area contributed by atoms with E-state index in [2.05, 4.69) is 23.8 Å². The second-order valence-corrected chi connectivity index (χ2v) is 8.09. The first-order valence-electron chi connectivity index (χ1n) is 11.9. The molecule has 0 saturated carbocycles. The highest BCUT2D eigenvalue weighted by Gasteiger charge is 2.30. The van der Waals surface area contributed by atoms with Gasteiger partial charge in [0.2, 0.25) is 0 Å². The Labute approximate surface area is 189 Å². The Bertz CT molecular complexity index is 514. The van der Waals surface area contributed by atoms with Crippen LogP contribution in [0.4, 0.5) is 0 Å². The highest BCUT2D eigenvalue weighted by atomic mass is 16.5. The Morgan fingerprint density at radius 1 is 0.742 bits per heavy atom. The number of rotatable bonds is 19. The van der Waals surface area contributed by atoms with Crippen LogP contribution in [-0.4, -0.2) is 39.2 Å². The van der Waals surface area contributed by atoms with Gasteiger partial charge in [0.25, 0.3) is 0 Å². The van der Waals surface area contributed by atoms with Crippen LogP contribution in [0.2, 0.25) is 0 Å². The Kier molecular flexibility index (Phi) is 18.9. The minimum atomic E-state index is -0.510. The maximum atomic E-state index is 12.4. The molecule has 2 atom stereocenters. The SMILES string of the molecule is CCCCCCCC[C@H](/C=C/CCCCCCC(=O)OC)[C@@H](CC(=O)OC)C(=O)OC. The number of methoxy groups -OCH3 is 3. The third kappa shape index (κ3) is 15.6. The van der Waals surface area contributed by atoms with Crippen molar-refractivity contribution in [2.75, 3.05) is 21.3 Å². The minimum absolute atomic E-state index is 0.0305. The van der Waals surface area contributed by atoms with Crippen molar-refractivity contribution in [1.29, 1.82) is 0 Å². The molecule has 0 saturated heterocycles. The molecule has 0 unspecified atom stereocenters. The standard InChI is InChI=1S/C25H44O6/c1-5-6-7-8-11-14-17-21(22(25(28)31-4)20-24(27)30-3)18-15-12-9-10-13-16-19-23(26)29-2/h15,18,21-22H,5-14,16-17,19-20H2,1-4H3/b18-15+/t21-,22-/m1/s1. The fourth-order valence-corrected chi connectivity index (χ4v) is 3.67. The molecule has 0 radical (unpaired) electrons. The number of unbranched alkanes of at least 4 members (excludes halogenated alkanes) is 9. The first kappa shape index (κ1) is 29.1. The molecule has 0 aliphatic rings. The van der Waals surface area contributed by atoms with Gasteiger partial charge < -0.3 is 14.2 Å². The van der Waals surface area contributed by atoms with E-state index in [-0.39, 0.29) is 30.2 Å². The first-order valence-corrected chi connectivity index (χ1v) is 11.9. The number of esters is 3. The van der Waals surface area contributed by atoms with Gasteiger partial charge in [-0.25, -0.2) is 0 Å². The molecule has 0 aliphatic carbocycles. The van der Waals surface area contributed by atoms with Crippen LogP contribution in [0.5, 0.6) is 0 Å². The van der Waals surface area contributed by atoms with Crippen LogP contribution in [-0.2, 0) is 28.6 Å². The third-order valence-electron chi connectivity index (χ3n) is 5.64. The van der Waals surface area contributed by atoms with Crippen molar-refractivity contribution in [1.82, 2.24) is 0 Å². The topological polar surface area (TPSA) is 78.9 Å². The van der Waals surface area contributed by atoms with E-state index in [0.717, 1.165) is 51.4 Å². The number of carbonyl (C=O) groups is 3. The van der Waals surface area contributed by atoms with Gasteiger partial charge in [0.15, 0.2) is 0 Å². The molecule has 6 heteroatoms. The van der Waals surface area contributed by atoms with Crippen molar-refractivity contribution in [3.05, 3.63) is 12.2 Å². The summed E-state index contributed by atoms with van der Waals surface area (Å²) in [5, 5.41) is 0. The Morgan fingerprint density at radius 2 is 1.35 bits per heavy atom. The van der Waals surface area contributed by atoms with Crippen LogP contribution in [0.15, 0.2) is 12.2 Å². The second-order valence-electron chi connectivity index (χ2n) is 8.09. The fourth-order valence-electron chi connectivity index (χ4n) is 3.67. The molecule has 0 fully saturated rings. The van der Waals surface area contributed by atoms with Crippen molar-refractivity contribution in [2.45, 2.75) is 96.8 Å². The van der Waals surface area contributed by atoms with Crippen molar-refractivity contribution in [2.24, 2.45) is 11.8 Å². The molecule has 0 amide bonds. The number of allylic oxidation sites excluding steroid dienone is 2. The monoisotopic (exact) mass is 440 g/mol. The average Bonchev–Trinajstić information content (AvgIpc) is 2.79. The summed E-state index contributed by atoms with van der Waals surface area (Å²) in [5.41, 5.74) is 0. The van der Waals surface area contributed by atoms with Gasteiger partial charge in [0, 0.05) is 6.42 Å². The number of ether oxygens (including phenoxy) is 3. The van der Waals surface area contributed by atoms with Crippen molar-refractivity contribution in [3.63, 3.8) is 0 Å². The normalized spacial score (nSPS) is 13.0. The van der Waals surface area contributed by atoms with Crippen molar-refractivity contribution < 1.29 is 28.6 Å². The molecule has 0 aromatic heterocycles. The van der Waals surface area contributed by atoms with Crippen LogP contribution in [0.3, 0.4) is 0 Å². The molecule has 0 spiro atoms. The van der Waals surface area contributed by atoms with Crippen LogP contribution >= 0.6 is 0 Å². The van der Waals surface area contributed by atoms with E-state index in [4.69, 9.17) is 9.47 Å². The van der Waals surface area contributed by atoms with Crippen molar-refractivity contribution in [3.8, 4) is 0 Å². The van der Waals surface area contributed by atoms with Gasteiger partial charge in [-0.2, -0.15) is 0 Å². The van der Waals surface area contributed by atoms with Gasteiger partial charge in [0.05, 0.1) is 33.7 Å². The molecule has 0 N–H and O–H groups in total. The number of hydrogen-bond acceptors (Lipinski definition) is 6. The zero-order valence-electron chi connectivity index (χ0n) is 20.2. The molecule has 6 nitrogen and oxygen atoms in total.